The zero-order valence-corrected chi connectivity index (χ0v) is 11.8. The Labute approximate surface area is 105 Å². The fourth-order valence-corrected chi connectivity index (χ4v) is 3.40. The van der Waals surface area contributed by atoms with Crippen molar-refractivity contribution in [1.29, 1.82) is 0 Å². The fourth-order valence-electron chi connectivity index (χ4n) is 1.77. The summed E-state index contributed by atoms with van der Waals surface area (Å²) >= 11 is 0. The highest BCUT2D eigenvalue weighted by molar-refractivity contribution is 7.86. The SMILES string of the molecule is CCCN(C)S(=O)(=O)N1CCNC[C@@H]1C.Cl. The van der Waals surface area contributed by atoms with E-state index in [1.807, 2.05) is 13.8 Å². The zero-order chi connectivity index (χ0) is 11.5. The van der Waals surface area contributed by atoms with Crippen LogP contribution in [0.15, 0.2) is 0 Å². The molecule has 0 aliphatic carbocycles. The number of piperazine rings is 1. The maximum atomic E-state index is 12.1. The first-order valence-electron chi connectivity index (χ1n) is 5.44. The molecule has 7 heteroatoms. The van der Waals surface area contributed by atoms with Gasteiger partial charge in [-0.1, -0.05) is 6.92 Å². The van der Waals surface area contributed by atoms with Crippen molar-refractivity contribution in [3.05, 3.63) is 0 Å². The zero-order valence-electron chi connectivity index (χ0n) is 10.1. The van der Waals surface area contributed by atoms with Gasteiger partial charge in [0.1, 0.15) is 0 Å². The van der Waals surface area contributed by atoms with Gasteiger partial charge in [0.25, 0.3) is 10.2 Å². The summed E-state index contributed by atoms with van der Waals surface area (Å²) in [6, 6.07) is 0.0445. The van der Waals surface area contributed by atoms with Crippen molar-refractivity contribution in [2.75, 3.05) is 33.2 Å². The fraction of sp³-hybridized carbons (Fsp3) is 1.00. The molecule has 0 amide bonds. The van der Waals surface area contributed by atoms with Crippen LogP contribution in [0, 0.1) is 0 Å². The van der Waals surface area contributed by atoms with Crippen LogP contribution in [0.2, 0.25) is 0 Å². The monoisotopic (exact) mass is 271 g/mol. The molecular weight excluding hydrogens is 250 g/mol. The van der Waals surface area contributed by atoms with E-state index in [1.54, 1.807) is 11.4 Å². The van der Waals surface area contributed by atoms with E-state index in [9.17, 15) is 8.42 Å². The second-order valence-electron chi connectivity index (χ2n) is 3.99. The minimum Gasteiger partial charge on any atom is -0.314 e. The van der Waals surface area contributed by atoms with Gasteiger partial charge in [-0.25, -0.2) is 0 Å². The summed E-state index contributed by atoms with van der Waals surface area (Å²) < 4.78 is 27.2. The summed E-state index contributed by atoms with van der Waals surface area (Å²) in [4.78, 5) is 0. The van der Waals surface area contributed by atoms with Crippen molar-refractivity contribution in [2.24, 2.45) is 0 Å². The molecule has 1 N–H and O–H groups in total. The lowest BCUT2D eigenvalue weighted by atomic mass is 10.3. The van der Waals surface area contributed by atoms with Crippen molar-refractivity contribution in [3.63, 3.8) is 0 Å². The Morgan fingerprint density at radius 3 is 2.62 bits per heavy atom. The molecule has 0 unspecified atom stereocenters. The molecule has 5 nitrogen and oxygen atoms in total. The topological polar surface area (TPSA) is 52.7 Å². The van der Waals surface area contributed by atoms with Gasteiger partial charge in [0.05, 0.1) is 0 Å². The number of hydrogen-bond acceptors (Lipinski definition) is 3. The van der Waals surface area contributed by atoms with Crippen molar-refractivity contribution in [3.8, 4) is 0 Å². The highest BCUT2D eigenvalue weighted by atomic mass is 35.5. The molecule has 1 aliphatic rings. The average Bonchev–Trinajstić information content (AvgIpc) is 2.18. The first kappa shape index (κ1) is 16.1. The van der Waals surface area contributed by atoms with E-state index in [0.717, 1.165) is 19.5 Å². The van der Waals surface area contributed by atoms with Gasteiger partial charge >= 0.3 is 0 Å². The Hall–Kier alpha value is 0.120. The van der Waals surface area contributed by atoms with Crippen LogP contribution in [0.5, 0.6) is 0 Å². The van der Waals surface area contributed by atoms with Crippen LogP contribution in [0.1, 0.15) is 20.3 Å². The quantitative estimate of drug-likeness (QED) is 0.800. The molecule has 1 rings (SSSR count). The molecule has 1 heterocycles. The molecule has 98 valence electrons. The maximum Gasteiger partial charge on any atom is 0.282 e. The molecule has 0 bridgehead atoms. The van der Waals surface area contributed by atoms with Gasteiger partial charge < -0.3 is 5.32 Å². The van der Waals surface area contributed by atoms with E-state index in [4.69, 9.17) is 0 Å². The van der Waals surface area contributed by atoms with E-state index < -0.39 is 10.2 Å². The molecule has 0 aromatic heterocycles. The van der Waals surface area contributed by atoms with Crippen molar-refractivity contribution in [2.45, 2.75) is 26.3 Å². The lowest BCUT2D eigenvalue weighted by Crippen LogP contribution is -2.55. The van der Waals surface area contributed by atoms with Crippen molar-refractivity contribution >= 4 is 22.6 Å². The van der Waals surface area contributed by atoms with E-state index >= 15 is 0 Å². The summed E-state index contributed by atoms with van der Waals surface area (Å²) in [6.07, 6.45) is 0.843. The lowest BCUT2D eigenvalue weighted by Gasteiger charge is -2.35. The Balaban J connectivity index is 0.00000225. The number of hydrogen-bond donors (Lipinski definition) is 1. The van der Waals surface area contributed by atoms with Crippen LogP contribution < -0.4 is 5.32 Å². The summed E-state index contributed by atoms with van der Waals surface area (Å²) in [6.45, 7) is 6.54. The first-order valence-corrected chi connectivity index (χ1v) is 6.83. The summed E-state index contributed by atoms with van der Waals surface area (Å²) in [5.41, 5.74) is 0. The van der Waals surface area contributed by atoms with Crippen LogP contribution in [0.4, 0.5) is 0 Å². The van der Waals surface area contributed by atoms with E-state index in [-0.39, 0.29) is 18.4 Å². The van der Waals surface area contributed by atoms with E-state index in [0.29, 0.717) is 13.1 Å². The lowest BCUT2D eigenvalue weighted by molar-refractivity contribution is 0.263. The molecule has 1 saturated heterocycles. The van der Waals surface area contributed by atoms with E-state index in [2.05, 4.69) is 5.32 Å². The van der Waals surface area contributed by atoms with Crippen molar-refractivity contribution < 1.29 is 8.42 Å². The van der Waals surface area contributed by atoms with Gasteiger partial charge in [0.15, 0.2) is 0 Å². The van der Waals surface area contributed by atoms with Crippen molar-refractivity contribution in [1.82, 2.24) is 13.9 Å². The number of nitrogens with zero attached hydrogens (tertiary/aromatic N) is 2. The van der Waals surface area contributed by atoms with Gasteiger partial charge in [-0.05, 0) is 13.3 Å². The molecule has 0 saturated carbocycles. The second-order valence-corrected chi connectivity index (χ2v) is 5.98. The summed E-state index contributed by atoms with van der Waals surface area (Å²) in [5.74, 6) is 0. The van der Waals surface area contributed by atoms with Gasteiger partial charge in [-0.15, -0.1) is 12.4 Å². The number of nitrogens with one attached hydrogen (secondary N) is 1. The Morgan fingerprint density at radius 2 is 2.12 bits per heavy atom. The normalized spacial score (nSPS) is 23.1. The van der Waals surface area contributed by atoms with Gasteiger partial charge in [0.2, 0.25) is 0 Å². The van der Waals surface area contributed by atoms with Gasteiger partial charge in [-0.2, -0.15) is 17.0 Å². The molecule has 0 radical (unpaired) electrons. The summed E-state index contributed by atoms with van der Waals surface area (Å²) in [5, 5.41) is 3.18. The summed E-state index contributed by atoms with van der Waals surface area (Å²) in [7, 11) is -1.60. The Morgan fingerprint density at radius 1 is 1.50 bits per heavy atom. The molecule has 0 aromatic rings. The predicted molar refractivity (Wildman–Crippen MR) is 68.1 cm³/mol. The average molecular weight is 272 g/mol. The third-order valence-corrected chi connectivity index (χ3v) is 4.77. The van der Waals surface area contributed by atoms with Crippen LogP contribution >= 0.6 is 12.4 Å². The van der Waals surface area contributed by atoms with Crippen LogP contribution in [0.25, 0.3) is 0 Å². The molecule has 0 aromatic carbocycles. The second kappa shape index (κ2) is 6.76. The van der Waals surface area contributed by atoms with Crippen LogP contribution in [-0.2, 0) is 10.2 Å². The standard InChI is InChI=1S/C9H21N3O2S.ClH/c1-4-6-11(3)15(13,14)12-7-5-10-8-9(12)2;/h9-10H,4-8H2,1-3H3;1H/t9-;/m0./s1. The molecular formula is C9H22ClN3O2S. The molecule has 1 fully saturated rings. The Bertz CT molecular complexity index is 297. The Kier molecular flexibility index (Phi) is 6.81. The third-order valence-electron chi connectivity index (χ3n) is 2.67. The molecule has 16 heavy (non-hydrogen) atoms. The highest BCUT2D eigenvalue weighted by Gasteiger charge is 2.31. The van der Waals surface area contributed by atoms with Gasteiger partial charge in [-0.3, -0.25) is 0 Å². The van der Waals surface area contributed by atoms with Crippen LogP contribution in [-0.4, -0.2) is 56.3 Å². The largest absolute Gasteiger partial charge is 0.314 e. The maximum absolute atomic E-state index is 12.1. The molecule has 1 aliphatic heterocycles. The minimum atomic E-state index is -3.25. The smallest absolute Gasteiger partial charge is 0.282 e. The highest BCUT2D eigenvalue weighted by Crippen LogP contribution is 2.12. The minimum absolute atomic E-state index is 0. The predicted octanol–water partition coefficient (Wildman–Crippen LogP) is 0.288. The molecule has 0 spiro atoms. The molecule has 1 atom stereocenters. The van der Waals surface area contributed by atoms with E-state index in [1.165, 1.54) is 4.31 Å². The first-order chi connectivity index (χ1) is 7.00. The third kappa shape index (κ3) is 3.56. The number of rotatable bonds is 4. The number of halogens is 1. The van der Waals surface area contributed by atoms with Gasteiger partial charge in [0, 0.05) is 39.3 Å². The van der Waals surface area contributed by atoms with Crippen LogP contribution in [0.3, 0.4) is 0 Å².